The zero-order valence-corrected chi connectivity index (χ0v) is 24.8. The molecule has 14 nitrogen and oxygen atoms in total. The summed E-state index contributed by atoms with van der Waals surface area (Å²) in [6.45, 7) is 14.0. The Labute approximate surface area is 228 Å². The first-order valence-electron chi connectivity index (χ1n) is 12.4. The average Bonchev–Trinajstić information content (AvgIpc) is 3.19. The number of anilines is 1. The molecule has 0 spiro atoms. The number of imide groups is 1. The van der Waals surface area contributed by atoms with Crippen molar-refractivity contribution in [2.75, 3.05) is 31.8 Å². The summed E-state index contributed by atoms with van der Waals surface area (Å²) in [5.74, 6) is 1.02. The van der Waals surface area contributed by atoms with E-state index in [1.165, 1.54) is 24.0 Å². The Hall–Kier alpha value is -3.22. The number of carbonyl (C=O) groups excluding carboxylic acids is 2. The van der Waals surface area contributed by atoms with Gasteiger partial charge in [-0.15, -0.1) is 4.90 Å². The number of ether oxygens (including phenoxy) is 3. The van der Waals surface area contributed by atoms with Crippen LogP contribution in [0.1, 0.15) is 61.8 Å². The number of rotatable bonds is 11. The van der Waals surface area contributed by atoms with Crippen LogP contribution in [0, 0.1) is 0 Å². The van der Waals surface area contributed by atoms with Gasteiger partial charge in [-0.2, -0.15) is 14.7 Å². The lowest BCUT2D eigenvalue weighted by Crippen LogP contribution is -2.44. The van der Waals surface area contributed by atoms with E-state index in [0.717, 1.165) is 0 Å². The van der Waals surface area contributed by atoms with E-state index in [9.17, 15) is 14.2 Å². The maximum atomic E-state index is 13.0. The molecule has 0 aliphatic heterocycles. The predicted octanol–water partition coefficient (Wildman–Crippen LogP) is 5.11. The maximum Gasteiger partial charge on any atom is 0.427 e. The van der Waals surface area contributed by atoms with E-state index in [1.54, 1.807) is 61.5 Å². The normalized spacial score (nSPS) is 12.5. The molecule has 2 aromatic heterocycles. The number of nitrogens with zero attached hydrogens (tertiary/aromatic N) is 5. The first-order valence-corrected chi connectivity index (χ1v) is 14.0. The van der Waals surface area contributed by atoms with Gasteiger partial charge in [0.25, 0.3) is 0 Å². The number of hydrogen-bond donors (Lipinski definition) is 0. The Morgan fingerprint density at radius 3 is 2.05 bits per heavy atom. The Balaban J connectivity index is 2.38. The molecule has 0 saturated carbocycles. The predicted molar refractivity (Wildman–Crippen MR) is 143 cm³/mol. The standard InChI is InChI=1S/C24H38N5O9P/c1-10-35-39(32,36-11-2)15-13-12-14-34-28-16-25-17-18(28)26-20(27-19(17)33-9)29(21(30)37-23(3,4)5)22(31)38-24(6,7)8/h13,15-16H,10-12,14H2,1-9H3/b15-13-. The van der Waals surface area contributed by atoms with Crippen molar-refractivity contribution >= 4 is 36.9 Å². The average molecular weight is 572 g/mol. The van der Waals surface area contributed by atoms with E-state index in [1.807, 2.05) is 0 Å². The molecular formula is C24H38N5O9P. The van der Waals surface area contributed by atoms with Crippen molar-refractivity contribution in [2.45, 2.75) is 73.0 Å². The highest BCUT2D eigenvalue weighted by molar-refractivity contribution is 7.57. The van der Waals surface area contributed by atoms with Crippen LogP contribution in [0.5, 0.6) is 5.88 Å². The smallest absolute Gasteiger partial charge is 0.427 e. The van der Waals surface area contributed by atoms with Gasteiger partial charge in [0.2, 0.25) is 17.5 Å². The fourth-order valence-electron chi connectivity index (χ4n) is 2.94. The van der Waals surface area contributed by atoms with E-state index < -0.39 is 31.0 Å². The monoisotopic (exact) mass is 571 g/mol. The van der Waals surface area contributed by atoms with Crippen LogP contribution in [0.15, 0.2) is 18.2 Å². The van der Waals surface area contributed by atoms with Gasteiger partial charge in [0.15, 0.2) is 5.52 Å². The highest BCUT2D eigenvalue weighted by Crippen LogP contribution is 2.49. The fourth-order valence-corrected chi connectivity index (χ4v) is 4.31. The quantitative estimate of drug-likeness (QED) is 0.260. The molecule has 2 rings (SSSR count). The van der Waals surface area contributed by atoms with Crippen LogP contribution < -0.4 is 14.5 Å². The number of aromatic nitrogens is 4. The van der Waals surface area contributed by atoms with Crippen molar-refractivity contribution in [1.82, 2.24) is 19.7 Å². The molecule has 2 heterocycles. The molecule has 2 amide bonds. The Morgan fingerprint density at radius 2 is 1.56 bits per heavy atom. The molecule has 0 N–H and O–H groups in total. The summed E-state index contributed by atoms with van der Waals surface area (Å²) < 4.78 is 40.4. The molecule has 0 bridgehead atoms. The van der Waals surface area contributed by atoms with E-state index in [2.05, 4.69) is 15.0 Å². The highest BCUT2D eigenvalue weighted by Gasteiger charge is 2.36. The largest absolute Gasteiger partial charge is 0.479 e. The molecule has 2 aromatic rings. The second kappa shape index (κ2) is 13.2. The SMILES string of the molecule is CCOP(=O)(/C=C\CCOn1cnc2c(OC)nc(N(C(=O)OC(C)(C)C)C(=O)OC(C)(C)C)nc21)OCC. The van der Waals surface area contributed by atoms with Gasteiger partial charge in [-0.25, -0.2) is 14.6 Å². The summed E-state index contributed by atoms with van der Waals surface area (Å²) in [4.78, 5) is 45.2. The molecule has 218 valence electrons. The maximum absolute atomic E-state index is 13.0. The molecular weight excluding hydrogens is 533 g/mol. The molecule has 0 aliphatic rings. The summed E-state index contributed by atoms with van der Waals surface area (Å²) >= 11 is 0. The van der Waals surface area contributed by atoms with E-state index >= 15 is 0 Å². The molecule has 15 heteroatoms. The van der Waals surface area contributed by atoms with Crippen molar-refractivity contribution in [2.24, 2.45) is 0 Å². The van der Waals surface area contributed by atoms with Gasteiger partial charge in [0.1, 0.15) is 24.1 Å². The Bertz CT molecular complexity index is 1180. The second-order valence-electron chi connectivity index (χ2n) is 9.95. The minimum absolute atomic E-state index is 0.0104. The fraction of sp³-hybridized carbons (Fsp3) is 0.625. The first-order chi connectivity index (χ1) is 18.1. The molecule has 0 radical (unpaired) electrons. The lowest BCUT2D eigenvalue weighted by atomic mass is 10.2. The van der Waals surface area contributed by atoms with Crippen LogP contribution in [-0.4, -0.2) is 70.0 Å². The van der Waals surface area contributed by atoms with Crippen molar-refractivity contribution in [1.29, 1.82) is 0 Å². The first kappa shape index (κ1) is 32.0. The van der Waals surface area contributed by atoms with Gasteiger partial charge in [0, 0.05) is 12.2 Å². The molecule has 0 aliphatic carbocycles. The third kappa shape index (κ3) is 9.48. The molecule has 0 saturated heterocycles. The third-order valence-corrected chi connectivity index (χ3v) is 6.10. The minimum Gasteiger partial charge on any atom is -0.479 e. The number of methoxy groups -OCH3 is 1. The van der Waals surface area contributed by atoms with Crippen LogP contribution in [0.25, 0.3) is 11.2 Å². The zero-order chi connectivity index (χ0) is 29.4. The van der Waals surface area contributed by atoms with Crippen LogP contribution in [0.3, 0.4) is 0 Å². The van der Waals surface area contributed by atoms with Crippen LogP contribution in [0.4, 0.5) is 15.5 Å². The van der Waals surface area contributed by atoms with Crippen LogP contribution >= 0.6 is 7.60 Å². The van der Waals surface area contributed by atoms with Crippen LogP contribution in [0.2, 0.25) is 0 Å². The lowest BCUT2D eigenvalue weighted by Gasteiger charge is -2.27. The number of imidazole rings is 1. The van der Waals surface area contributed by atoms with E-state index in [4.69, 9.17) is 28.1 Å². The number of hydrogen-bond acceptors (Lipinski definition) is 12. The summed E-state index contributed by atoms with van der Waals surface area (Å²) in [6.07, 6.45) is 1.23. The molecule has 39 heavy (non-hydrogen) atoms. The minimum atomic E-state index is -3.32. The van der Waals surface area contributed by atoms with Crippen molar-refractivity contribution < 1.29 is 42.2 Å². The summed E-state index contributed by atoms with van der Waals surface area (Å²) in [5, 5.41) is 0. The molecule has 0 aromatic carbocycles. The summed E-state index contributed by atoms with van der Waals surface area (Å²) in [7, 11) is -1.96. The number of amides is 2. The van der Waals surface area contributed by atoms with Gasteiger partial charge in [-0.1, -0.05) is 6.08 Å². The van der Waals surface area contributed by atoms with Gasteiger partial charge >= 0.3 is 19.8 Å². The van der Waals surface area contributed by atoms with Crippen LogP contribution in [-0.2, 0) is 23.1 Å². The topological polar surface area (TPSA) is 153 Å². The summed E-state index contributed by atoms with van der Waals surface area (Å²) in [5.41, 5.74) is -1.49. The summed E-state index contributed by atoms with van der Waals surface area (Å²) in [6, 6.07) is 0. The van der Waals surface area contributed by atoms with E-state index in [0.29, 0.717) is 11.3 Å². The van der Waals surface area contributed by atoms with Gasteiger partial charge in [-0.3, -0.25) is 4.57 Å². The third-order valence-electron chi connectivity index (χ3n) is 4.29. The van der Waals surface area contributed by atoms with Crippen molar-refractivity contribution in [3.05, 3.63) is 18.2 Å². The van der Waals surface area contributed by atoms with Gasteiger partial charge in [-0.05, 0) is 55.4 Å². The number of fused-ring (bicyclic) bond motifs is 1. The Morgan fingerprint density at radius 1 is 1.00 bits per heavy atom. The van der Waals surface area contributed by atoms with Gasteiger partial charge < -0.3 is 28.1 Å². The lowest BCUT2D eigenvalue weighted by molar-refractivity contribution is 0.0427. The van der Waals surface area contributed by atoms with Crippen molar-refractivity contribution in [3.63, 3.8) is 0 Å². The highest BCUT2D eigenvalue weighted by atomic mass is 31.2. The number of carbonyl (C=O) groups is 2. The molecule has 0 unspecified atom stereocenters. The molecule has 0 atom stereocenters. The molecule has 0 fully saturated rings. The second-order valence-corrected chi connectivity index (χ2v) is 11.8. The zero-order valence-electron chi connectivity index (χ0n) is 23.9. The van der Waals surface area contributed by atoms with Crippen molar-refractivity contribution in [3.8, 4) is 5.88 Å². The van der Waals surface area contributed by atoms with E-state index in [-0.39, 0.29) is 42.8 Å². The Kier molecular flexibility index (Phi) is 10.8. The van der Waals surface area contributed by atoms with Gasteiger partial charge in [0.05, 0.1) is 20.3 Å².